The van der Waals surface area contributed by atoms with Gasteiger partial charge in [-0.2, -0.15) is 9.13 Å². The number of halogens is 1. The average Bonchev–Trinajstić information content (AvgIpc) is 2.79. The Balaban J connectivity index is 0.00000306. The summed E-state index contributed by atoms with van der Waals surface area (Å²) in [7, 11) is 0. The van der Waals surface area contributed by atoms with Crippen molar-refractivity contribution in [2.24, 2.45) is 0 Å². The van der Waals surface area contributed by atoms with E-state index in [0.717, 1.165) is 22.3 Å². The molecule has 166 valence electrons. The van der Waals surface area contributed by atoms with E-state index in [9.17, 15) is 9.59 Å². The quantitative estimate of drug-likeness (QED) is 0.283. The molecule has 0 spiro atoms. The van der Waals surface area contributed by atoms with E-state index in [-0.39, 0.29) is 28.5 Å². The van der Waals surface area contributed by atoms with Gasteiger partial charge in [0, 0.05) is 34.4 Å². The number of aryl methyl sites for hydroxylation is 2. The fourth-order valence-corrected chi connectivity index (χ4v) is 3.71. The van der Waals surface area contributed by atoms with Gasteiger partial charge in [0.05, 0.1) is 0 Å². The molecule has 0 N–H and O–H groups in total. The zero-order valence-electron chi connectivity index (χ0n) is 18.7. The highest BCUT2D eigenvalue weighted by molar-refractivity contribution is 5.96. The molecule has 33 heavy (non-hydrogen) atoms. The fraction of sp³-hybridized carbons (Fsp3) is 0.143. The van der Waals surface area contributed by atoms with Crippen LogP contribution in [0.1, 0.15) is 31.8 Å². The van der Waals surface area contributed by atoms with Crippen LogP contribution in [0.3, 0.4) is 0 Å². The molecule has 0 saturated heterocycles. The first-order valence-electron chi connectivity index (χ1n) is 10.7. The third kappa shape index (κ3) is 6.30. The Morgan fingerprint density at radius 3 is 1.30 bits per heavy atom. The van der Waals surface area contributed by atoms with Gasteiger partial charge in [0.15, 0.2) is 24.8 Å². The number of nitrogens with zero attached hydrogens (tertiary/aromatic N) is 2. The molecule has 0 saturated carbocycles. The molecule has 4 aromatic rings. The van der Waals surface area contributed by atoms with Gasteiger partial charge in [-0.3, -0.25) is 9.59 Å². The molecule has 0 radical (unpaired) electrons. The zero-order chi connectivity index (χ0) is 22.5. The number of Topliss-reactive ketones (excluding diaryl/α,β-unsaturated/α-hetero) is 2. The number of rotatable bonds is 7. The zero-order valence-corrected chi connectivity index (χ0v) is 20.3. The van der Waals surface area contributed by atoms with Crippen LogP contribution in [0.5, 0.6) is 0 Å². The molecule has 0 bridgehead atoms. The van der Waals surface area contributed by atoms with E-state index < -0.39 is 0 Å². The van der Waals surface area contributed by atoms with Crippen molar-refractivity contribution in [2.45, 2.75) is 26.9 Å². The molecule has 0 atom stereocenters. The second kappa shape index (κ2) is 10.9. The lowest BCUT2D eigenvalue weighted by molar-refractivity contribution is -0.683. The van der Waals surface area contributed by atoms with Crippen LogP contribution < -0.4 is 26.1 Å². The number of benzene rings is 2. The summed E-state index contributed by atoms with van der Waals surface area (Å²) in [4.78, 5) is 25.2. The lowest BCUT2D eigenvalue weighted by Gasteiger charge is -2.05. The van der Waals surface area contributed by atoms with Crippen LogP contribution in [0.4, 0.5) is 0 Å². The molecule has 2 aromatic carbocycles. The predicted molar refractivity (Wildman–Crippen MR) is 123 cm³/mol. The molecule has 0 aliphatic heterocycles. The van der Waals surface area contributed by atoms with Crippen molar-refractivity contribution in [3.8, 4) is 11.1 Å². The molecule has 0 fully saturated rings. The molecule has 4 rings (SSSR count). The van der Waals surface area contributed by atoms with Crippen molar-refractivity contribution in [1.82, 2.24) is 0 Å². The van der Waals surface area contributed by atoms with Crippen LogP contribution in [0.2, 0.25) is 0 Å². The summed E-state index contributed by atoms with van der Waals surface area (Å²) in [6.45, 7) is 4.65. The minimum absolute atomic E-state index is 0. The maximum atomic E-state index is 12.6. The van der Waals surface area contributed by atoms with E-state index in [1.165, 1.54) is 0 Å². The Labute approximate surface area is 204 Å². The molecule has 0 aliphatic carbocycles. The smallest absolute Gasteiger partial charge is 0.227 e. The Kier molecular flexibility index (Phi) is 8.01. The largest absolute Gasteiger partial charge is 1.00 e. The summed E-state index contributed by atoms with van der Waals surface area (Å²) >= 11 is 0. The second-order valence-electron chi connectivity index (χ2n) is 8.11. The molecule has 4 nitrogen and oxygen atoms in total. The van der Waals surface area contributed by atoms with Gasteiger partial charge in [0.25, 0.3) is 0 Å². The number of ketones is 2. The van der Waals surface area contributed by atoms with Crippen molar-refractivity contribution < 1.29 is 35.7 Å². The summed E-state index contributed by atoms with van der Waals surface area (Å²) in [6, 6.07) is 23.2. The van der Waals surface area contributed by atoms with Gasteiger partial charge < -0.3 is 17.0 Å². The molecule has 0 aliphatic rings. The second-order valence-corrected chi connectivity index (χ2v) is 8.11. The summed E-state index contributed by atoms with van der Waals surface area (Å²) in [5.41, 5.74) is 5.63. The van der Waals surface area contributed by atoms with Crippen molar-refractivity contribution in [3.63, 3.8) is 0 Å². The lowest BCUT2D eigenvalue weighted by Crippen LogP contribution is -3.00. The molecular weight excluding hydrogens is 476 g/mol. The summed E-state index contributed by atoms with van der Waals surface area (Å²) in [6.07, 6.45) is 7.73. The predicted octanol–water partition coefficient (Wildman–Crippen LogP) is 1.32. The van der Waals surface area contributed by atoms with E-state index >= 15 is 0 Å². The molecular formula is C28H26BrN2O2+. The molecule has 0 amide bonds. The molecule has 2 heterocycles. The van der Waals surface area contributed by atoms with Gasteiger partial charge in [0.1, 0.15) is 0 Å². The highest BCUT2D eigenvalue weighted by atomic mass is 79.9. The van der Waals surface area contributed by atoms with Crippen molar-refractivity contribution >= 4 is 11.6 Å². The minimum Gasteiger partial charge on any atom is -1.00 e. The number of hydrogen-bond acceptors (Lipinski definition) is 2. The Bertz CT molecular complexity index is 1160. The van der Waals surface area contributed by atoms with Crippen molar-refractivity contribution in [2.75, 3.05) is 0 Å². The van der Waals surface area contributed by atoms with E-state index in [1.54, 1.807) is 0 Å². The highest BCUT2D eigenvalue weighted by Gasteiger charge is 2.14. The van der Waals surface area contributed by atoms with Gasteiger partial charge in [-0.1, -0.05) is 48.5 Å². The Hall–Kier alpha value is -3.44. The van der Waals surface area contributed by atoms with Gasteiger partial charge in [-0.05, 0) is 37.1 Å². The van der Waals surface area contributed by atoms with E-state index in [4.69, 9.17) is 0 Å². The van der Waals surface area contributed by atoms with Crippen LogP contribution in [-0.2, 0) is 13.1 Å². The fourth-order valence-electron chi connectivity index (χ4n) is 3.71. The first kappa shape index (κ1) is 24.2. The number of aromatic nitrogens is 2. The maximum Gasteiger partial charge on any atom is 0.227 e. The Morgan fingerprint density at radius 1 is 0.606 bits per heavy atom. The van der Waals surface area contributed by atoms with Gasteiger partial charge in [-0.15, -0.1) is 0 Å². The van der Waals surface area contributed by atoms with E-state index in [2.05, 4.69) is 0 Å². The monoisotopic (exact) mass is 501 g/mol. The van der Waals surface area contributed by atoms with E-state index in [0.29, 0.717) is 24.2 Å². The Morgan fingerprint density at radius 2 is 0.970 bits per heavy atom. The third-order valence-corrected chi connectivity index (χ3v) is 5.41. The maximum absolute atomic E-state index is 12.6. The lowest BCUT2D eigenvalue weighted by atomic mass is 10.00. The van der Waals surface area contributed by atoms with Gasteiger partial charge >= 0.3 is 0 Å². The number of carbonyl (C=O) groups is 2. The van der Waals surface area contributed by atoms with Crippen LogP contribution in [0, 0.1) is 13.8 Å². The minimum atomic E-state index is 0. The van der Waals surface area contributed by atoms with Crippen LogP contribution in [0.15, 0.2) is 97.6 Å². The number of carbonyl (C=O) groups excluding carboxylic acids is 2. The average molecular weight is 502 g/mol. The topological polar surface area (TPSA) is 41.9 Å². The molecule has 2 aromatic heterocycles. The molecule has 0 unspecified atom stereocenters. The number of pyridine rings is 2. The van der Waals surface area contributed by atoms with E-state index in [1.807, 2.05) is 121 Å². The van der Waals surface area contributed by atoms with Crippen molar-refractivity contribution in [3.05, 3.63) is 120 Å². The standard InChI is InChI=1S/C28H26N2O2.BrH/c1-21-5-3-15-29(17-21)19-27(31)25-11-7-23(8-12-25)24-9-13-26(14-10-24)28(32)20-30-16-4-6-22(2)18-30;/h3-18H,19-20H2,1-2H3;1H/q+2;/p-1. The first-order valence-corrected chi connectivity index (χ1v) is 10.7. The normalized spacial score (nSPS) is 10.4. The summed E-state index contributed by atoms with van der Waals surface area (Å²) in [5, 5.41) is 0. The van der Waals surface area contributed by atoms with Gasteiger partial charge in [0.2, 0.25) is 24.7 Å². The first-order chi connectivity index (χ1) is 15.5. The molecule has 5 heteroatoms. The van der Waals surface area contributed by atoms with Crippen LogP contribution >= 0.6 is 0 Å². The SMILES string of the molecule is Cc1ccc[n+](CC(=O)c2ccc(-c3ccc(C(=O)C[n+]4cccc(C)c4)cc3)cc2)c1.[Br-]. The van der Waals surface area contributed by atoms with Crippen molar-refractivity contribution in [1.29, 1.82) is 0 Å². The summed E-state index contributed by atoms with van der Waals surface area (Å²) < 4.78 is 3.80. The highest BCUT2D eigenvalue weighted by Crippen LogP contribution is 2.21. The van der Waals surface area contributed by atoms with Crippen LogP contribution in [-0.4, -0.2) is 11.6 Å². The summed E-state index contributed by atoms with van der Waals surface area (Å²) in [5.74, 6) is 0.142. The third-order valence-electron chi connectivity index (χ3n) is 5.41. The number of hydrogen-bond donors (Lipinski definition) is 0. The van der Waals surface area contributed by atoms with Crippen LogP contribution in [0.25, 0.3) is 11.1 Å². The van der Waals surface area contributed by atoms with Gasteiger partial charge in [-0.25, -0.2) is 0 Å².